The van der Waals surface area contributed by atoms with Crippen molar-refractivity contribution in [2.75, 3.05) is 0 Å². The van der Waals surface area contributed by atoms with Gasteiger partial charge in [0.25, 0.3) is 0 Å². The Morgan fingerprint density at radius 3 is 2.59 bits per heavy atom. The molecule has 0 aliphatic heterocycles. The van der Waals surface area contributed by atoms with E-state index in [9.17, 15) is 9.18 Å². The molecule has 0 spiro atoms. The van der Waals surface area contributed by atoms with E-state index in [1.165, 1.54) is 19.1 Å². The minimum Gasteiger partial charge on any atom is -0.316 e. The van der Waals surface area contributed by atoms with Crippen LogP contribution >= 0.6 is 0 Å². The molecule has 4 rings (SSSR count). The third-order valence-electron chi connectivity index (χ3n) is 3.69. The Balaban J connectivity index is 2.20. The largest absolute Gasteiger partial charge is 0.316 e. The van der Waals surface area contributed by atoms with Crippen LogP contribution in [0.15, 0.2) is 42.5 Å². The number of halogens is 1. The molecule has 0 unspecified atom stereocenters. The quantitative estimate of drug-likeness (QED) is 0.568. The Morgan fingerprint density at radius 2 is 1.86 bits per heavy atom. The van der Waals surface area contributed by atoms with Crippen molar-refractivity contribution in [1.82, 2.24) is 14.5 Å². The van der Waals surface area contributed by atoms with Crippen LogP contribution in [0.1, 0.15) is 6.92 Å². The van der Waals surface area contributed by atoms with E-state index in [2.05, 4.69) is 9.97 Å². The molecule has 0 fully saturated rings. The Kier molecular flexibility index (Phi) is 2.69. The summed E-state index contributed by atoms with van der Waals surface area (Å²) >= 11 is 0. The van der Waals surface area contributed by atoms with Crippen LogP contribution in [0, 0.1) is 5.82 Å². The molecule has 0 bridgehead atoms. The molecule has 0 N–H and O–H groups in total. The summed E-state index contributed by atoms with van der Waals surface area (Å²) in [6.45, 7) is 1.72. The van der Waals surface area contributed by atoms with Gasteiger partial charge in [0.2, 0.25) is 0 Å². The number of fused-ring (bicyclic) bond motifs is 4. The zero-order valence-corrected chi connectivity index (χ0v) is 11.9. The molecule has 0 atom stereocenters. The van der Waals surface area contributed by atoms with Crippen molar-refractivity contribution >= 4 is 38.9 Å². The first-order valence-corrected chi connectivity index (χ1v) is 6.97. The number of carbonyl (C=O) groups excluding carboxylic acids is 1. The lowest BCUT2D eigenvalue weighted by Gasteiger charge is -2.04. The number of Topliss-reactive ketones (excluding diaryl/α,β-unsaturated/α-hetero) is 1. The Labute approximate surface area is 125 Å². The SMILES string of the molecule is CC(=O)Cn1c2ccc(F)cc2c2nc3ccccc3nc21. The third kappa shape index (κ3) is 1.86. The van der Waals surface area contributed by atoms with E-state index in [0.717, 1.165) is 16.6 Å². The lowest BCUT2D eigenvalue weighted by molar-refractivity contribution is -0.117. The molecule has 4 aromatic rings. The summed E-state index contributed by atoms with van der Waals surface area (Å²) in [5.41, 5.74) is 3.50. The standard InChI is InChI=1S/C17H12FN3O/c1-10(22)9-21-15-7-6-11(18)8-12(15)16-17(21)20-14-5-3-2-4-13(14)19-16/h2-8H,9H2,1H3. The van der Waals surface area contributed by atoms with Crippen molar-refractivity contribution in [2.45, 2.75) is 13.5 Å². The first kappa shape index (κ1) is 12.9. The van der Waals surface area contributed by atoms with E-state index in [1.807, 2.05) is 24.3 Å². The summed E-state index contributed by atoms with van der Waals surface area (Å²) in [6, 6.07) is 12.0. The highest BCUT2D eigenvalue weighted by Crippen LogP contribution is 2.28. The molecule has 2 aromatic carbocycles. The van der Waals surface area contributed by atoms with E-state index < -0.39 is 0 Å². The number of hydrogen-bond acceptors (Lipinski definition) is 3. The summed E-state index contributed by atoms with van der Waals surface area (Å²) in [4.78, 5) is 20.8. The predicted molar refractivity (Wildman–Crippen MR) is 83.2 cm³/mol. The van der Waals surface area contributed by atoms with Crippen molar-refractivity contribution in [1.29, 1.82) is 0 Å². The first-order chi connectivity index (χ1) is 10.6. The van der Waals surface area contributed by atoms with Gasteiger partial charge in [0, 0.05) is 5.39 Å². The van der Waals surface area contributed by atoms with Gasteiger partial charge in [-0.15, -0.1) is 0 Å². The van der Waals surface area contributed by atoms with Gasteiger partial charge < -0.3 is 4.57 Å². The summed E-state index contributed by atoms with van der Waals surface area (Å²) in [5, 5.41) is 0.675. The van der Waals surface area contributed by atoms with Gasteiger partial charge in [-0.1, -0.05) is 12.1 Å². The summed E-state index contributed by atoms with van der Waals surface area (Å²) < 4.78 is 15.4. The van der Waals surface area contributed by atoms with Crippen LogP contribution in [-0.4, -0.2) is 20.3 Å². The Morgan fingerprint density at radius 1 is 1.14 bits per heavy atom. The molecular formula is C17H12FN3O. The maximum Gasteiger partial charge on any atom is 0.160 e. The van der Waals surface area contributed by atoms with Gasteiger partial charge in [0.1, 0.15) is 17.1 Å². The number of carbonyl (C=O) groups is 1. The van der Waals surface area contributed by atoms with Crippen LogP contribution in [0.2, 0.25) is 0 Å². The topological polar surface area (TPSA) is 47.8 Å². The molecule has 108 valence electrons. The highest BCUT2D eigenvalue weighted by Gasteiger charge is 2.15. The second kappa shape index (κ2) is 4.59. The number of rotatable bonds is 2. The zero-order valence-electron chi connectivity index (χ0n) is 11.9. The second-order valence-electron chi connectivity index (χ2n) is 5.33. The van der Waals surface area contributed by atoms with Gasteiger partial charge in [0.15, 0.2) is 5.65 Å². The van der Waals surface area contributed by atoms with Gasteiger partial charge in [-0.25, -0.2) is 14.4 Å². The lowest BCUT2D eigenvalue weighted by Crippen LogP contribution is -2.06. The molecule has 0 aliphatic rings. The lowest BCUT2D eigenvalue weighted by atomic mass is 10.2. The minimum atomic E-state index is -0.329. The number of hydrogen-bond donors (Lipinski definition) is 0. The maximum absolute atomic E-state index is 13.6. The maximum atomic E-state index is 13.6. The molecular weight excluding hydrogens is 281 g/mol. The molecule has 0 saturated carbocycles. The number of nitrogens with zero attached hydrogens (tertiary/aromatic N) is 3. The summed E-state index contributed by atoms with van der Waals surface area (Å²) in [7, 11) is 0. The van der Waals surface area contributed by atoms with E-state index in [0.29, 0.717) is 16.6 Å². The normalized spacial score (nSPS) is 11.5. The first-order valence-electron chi connectivity index (χ1n) is 6.97. The van der Waals surface area contributed by atoms with Crippen molar-refractivity contribution in [3.63, 3.8) is 0 Å². The van der Waals surface area contributed by atoms with Crippen LogP contribution in [0.25, 0.3) is 33.1 Å². The number of benzene rings is 2. The van der Waals surface area contributed by atoms with Crippen LogP contribution in [0.4, 0.5) is 4.39 Å². The predicted octanol–water partition coefficient (Wildman–Crippen LogP) is 3.47. The second-order valence-corrected chi connectivity index (χ2v) is 5.33. The fraction of sp³-hybridized carbons (Fsp3) is 0.118. The van der Waals surface area contributed by atoms with Crippen molar-refractivity contribution in [3.8, 4) is 0 Å². The third-order valence-corrected chi connectivity index (χ3v) is 3.69. The average Bonchev–Trinajstić information content (AvgIpc) is 2.78. The molecule has 5 heteroatoms. The number of aromatic nitrogens is 3. The minimum absolute atomic E-state index is 0.0121. The van der Waals surface area contributed by atoms with Gasteiger partial charge in [0.05, 0.1) is 23.1 Å². The van der Waals surface area contributed by atoms with Crippen molar-refractivity contribution in [3.05, 3.63) is 48.3 Å². The van der Waals surface area contributed by atoms with E-state index >= 15 is 0 Å². The van der Waals surface area contributed by atoms with Crippen LogP contribution in [0.5, 0.6) is 0 Å². The van der Waals surface area contributed by atoms with E-state index in [4.69, 9.17) is 0 Å². The van der Waals surface area contributed by atoms with E-state index in [-0.39, 0.29) is 18.1 Å². The van der Waals surface area contributed by atoms with Crippen LogP contribution in [-0.2, 0) is 11.3 Å². The van der Waals surface area contributed by atoms with Gasteiger partial charge in [-0.3, -0.25) is 4.79 Å². The highest BCUT2D eigenvalue weighted by atomic mass is 19.1. The highest BCUT2D eigenvalue weighted by molar-refractivity contribution is 6.07. The Bertz CT molecular complexity index is 1050. The Hall–Kier alpha value is -2.82. The summed E-state index contributed by atoms with van der Waals surface area (Å²) in [5.74, 6) is -0.317. The van der Waals surface area contributed by atoms with Crippen LogP contribution < -0.4 is 0 Å². The van der Waals surface area contributed by atoms with E-state index in [1.54, 1.807) is 10.6 Å². The van der Waals surface area contributed by atoms with Gasteiger partial charge in [-0.05, 0) is 37.3 Å². The fourth-order valence-electron chi connectivity index (χ4n) is 2.79. The molecule has 22 heavy (non-hydrogen) atoms. The monoisotopic (exact) mass is 293 g/mol. The number of para-hydroxylation sites is 2. The van der Waals surface area contributed by atoms with Crippen molar-refractivity contribution in [2.24, 2.45) is 0 Å². The van der Waals surface area contributed by atoms with Gasteiger partial charge >= 0.3 is 0 Å². The van der Waals surface area contributed by atoms with Crippen LogP contribution in [0.3, 0.4) is 0 Å². The number of ketones is 1. The smallest absolute Gasteiger partial charge is 0.160 e. The summed E-state index contributed by atoms with van der Waals surface area (Å²) in [6.07, 6.45) is 0. The molecule has 2 heterocycles. The molecule has 0 amide bonds. The average molecular weight is 293 g/mol. The molecule has 4 nitrogen and oxygen atoms in total. The molecule has 0 aliphatic carbocycles. The van der Waals surface area contributed by atoms with Gasteiger partial charge in [-0.2, -0.15) is 0 Å². The molecule has 0 saturated heterocycles. The molecule has 0 radical (unpaired) electrons. The zero-order chi connectivity index (χ0) is 15.3. The van der Waals surface area contributed by atoms with Crippen molar-refractivity contribution < 1.29 is 9.18 Å². The molecule has 2 aromatic heterocycles. The fourth-order valence-corrected chi connectivity index (χ4v) is 2.79.